The minimum Gasteiger partial charge on any atom is -0.309 e. The number of nitrogens with zero attached hydrogens (tertiary/aromatic N) is 2. The number of hydrogen-bond donors (Lipinski definition) is 0. The molecule has 0 saturated heterocycles. The van der Waals surface area contributed by atoms with Gasteiger partial charge in [-0.25, -0.2) is 0 Å². The van der Waals surface area contributed by atoms with E-state index in [-0.39, 0.29) is 0 Å². The zero-order valence-electron chi connectivity index (χ0n) is 24.8. The van der Waals surface area contributed by atoms with Crippen LogP contribution >= 0.6 is 0 Å². The van der Waals surface area contributed by atoms with Gasteiger partial charge in [0.1, 0.15) is 0 Å². The van der Waals surface area contributed by atoms with Gasteiger partial charge in [-0.3, -0.25) is 0 Å². The molecule has 0 aliphatic rings. The van der Waals surface area contributed by atoms with E-state index >= 15 is 0 Å². The molecule has 0 N–H and O–H groups in total. The first-order valence-corrected chi connectivity index (χ1v) is 15.1. The van der Waals surface area contributed by atoms with E-state index in [0.29, 0.717) is 6.04 Å². The maximum Gasteiger partial charge on any atom is 0.0652 e. The largest absolute Gasteiger partial charge is 0.309 e. The van der Waals surface area contributed by atoms with Crippen LogP contribution in [0.3, 0.4) is 0 Å². The summed E-state index contributed by atoms with van der Waals surface area (Å²) in [5.41, 5.74) is 6.60. The van der Waals surface area contributed by atoms with E-state index < -0.39 is 0 Å². The van der Waals surface area contributed by atoms with Gasteiger partial charge in [0.2, 0.25) is 0 Å². The summed E-state index contributed by atoms with van der Waals surface area (Å²) in [6.45, 7) is 0. The molecule has 10 rings (SSSR count). The Morgan fingerprint density at radius 3 is 1.84 bits per heavy atom. The van der Waals surface area contributed by atoms with Crippen LogP contribution < -0.4 is 0 Å². The van der Waals surface area contributed by atoms with Crippen LogP contribution in [0.4, 0.5) is 0 Å². The minimum absolute atomic E-state index is 0.543. The van der Waals surface area contributed by atoms with Crippen molar-refractivity contribution in [2.24, 2.45) is 0 Å². The Balaban J connectivity index is 1.45. The Labute approximate surface area is 255 Å². The quantitative estimate of drug-likeness (QED) is 0.186. The molecular weight excluding hydrogens is 532 g/mol. The standard InChI is InChI=1S/C42H26N2/c1-2-14-29(15-3-1)43-38-23-22-27-12-4-7-17-31(27)42(38)36-25-35-34-20-10-11-21-37(34)44(40(35)26-41(36)43)39-24-28-13-5-6-16-30(28)32-18-8-9-19-33(32)39/h1-26H/i24D. The molecule has 204 valence electrons. The van der Waals surface area contributed by atoms with Gasteiger partial charge in [-0.1, -0.05) is 115 Å². The topological polar surface area (TPSA) is 9.86 Å². The molecule has 0 amide bonds. The molecular formula is C42H26N2. The number of hydrogen-bond acceptors (Lipinski definition) is 0. The van der Waals surface area contributed by atoms with Crippen molar-refractivity contribution in [3.8, 4) is 11.4 Å². The lowest BCUT2D eigenvalue weighted by Gasteiger charge is -2.14. The normalized spacial score (nSPS) is 12.4. The summed E-state index contributed by atoms with van der Waals surface area (Å²) < 4.78 is 14.4. The molecule has 0 unspecified atom stereocenters. The molecule has 0 spiro atoms. The monoisotopic (exact) mass is 559 g/mol. The minimum atomic E-state index is 0.543. The predicted octanol–water partition coefficient (Wildman–Crippen LogP) is 11.3. The van der Waals surface area contributed by atoms with E-state index in [9.17, 15) is 1.37 Å². The molecule has 10 aromatic rings. The van der Waals surface area contributed by atoms with Crippen molar-refractivity contribution in [1.29, 1.82) is 0 Å². The Kier molecular flexibility index (Phi) is 4.55. The van der Waals surface area contributed by atoms with E-state index in [1.807, 2.05) is 6.07 Å². The zero-order chi connectivity index (χ0) is 29.6. The first kappa shape index (κ1) is 22.7. The molecule has 0 atom stereocenters. The molecule has 0 bridgehead atoms. The fourth-order valence-corrected chi connectivity index (χ4v) is 7.47. The van der Waals surface area contributed by atoms with Crippen LogP contribution in [0, 0.1) is 0 Å². The van der Waals surface area contributed by atoms with Gasteiger partial charge in [0.15, 0.2) is 0 Å². The van der Waals surface area contributed by atoms with Crippen molar-refractivity contribution < 1.29 is 1.37 Å². The number of rotatable bonds is 2. The highest BCUT2D eigenvalue weighted by atomic mass is 15.0. The van der Waals surface area contributed by atoms with E-state index in [2.05, 4.69) is 155 Å². The number of para-hydroxylation sites is 2. The summed E-state index contributed by atoms with van der Waals surface area (Å²) in [4.78, 5) is 0. The summed E-state index contributed by atoms with van der Waals surface area (Å²) in [5.74, 6) is 0. The molecule has 2 heteroatoms. The van der Waals surface area contributed by atoms with Crippen molar-refractivity contribution in [3.05, 3.63) is 158 Å². The average Bonchev–Trinajstić information content (AvgIpc) is 3.60. The summed E-state index contributed by atoms with van der Waals surface area (Å²) in [7, 11) is 0. The molecule has 0 radical (unpaired) electrons. The highest BCUT2D eigenvalue weighted by Gasteiger charge is 2.20. The van der Waals surface area contributed by atoms with Crippen molar-refractivity contribution >= 4 is 75.9 Å². The van der Waals surface area contributed by atoms with E-state index in [0.717, 1.165) is 49.5 Å². The summed E-state index contributed by atoms with van der Waals surface area (Å²) in [6, 6.07) is 54.7. The van der Waals surface area contributed by atoms with Gasteiger partial charge in [0.25, 0.3) is 0 Å². The predicted molar refractivity (Wildman–Crippen MR) is 188 cm³/mol. The molecule has 0 fully saturated rings. The van der Waals surface area contributed by atoms with Crippen LogP contribution in [-0.4, -0.2) is 9.13 Å². The second-order valence-corrected chi connectivity index (χ2v) is 11.7. The maximum absolute atomic E-state index is 9.64. The number of aromatic nitrogens is 2. The lowest BCUT2D eigenvalue weighted by atomic mass is 10.00. The van der Waals surface area contributed by atoms with Gasteiger partial charge >= 0.3 is 0 Å². The molecule has 2 nitrogen and oxygen atoms in total. The van der Waals surface area contributed by atoms with Crippen molar-refractivity contribution in [1.82, 2.24) is 9.13 Å². The molecule has 0 aliphatic heterocycles. The smallest absolute Gasteiger partial charge is 0.0652 e. The number of fused-ring (bicyclic) bond motifs is 11. The van der Waals surface area contributed by atoms with E-state index in [1.165, 1.54) is 37.8 Å². The lowest BCUT2D eigenvalue weighted by Crippen LogP contribution is -1.97. The van der Waals surface area contributed by atoms with Crippen LogP contribution in [0.2, 0.25) is 0 Å². The molecule has 44 heavy (non-hydrogen) atoms. The van der Waals surface area contributed by atoms with Crippen LogP contribution in [0.15, 0.2) is 158 Å². The van der Waals surface area contributed by atoms with E-state index in [4.69, 9.17) is 0 Å². The third kappa shape index (κ3) is 3.14. The molecule has 0 saturated carbocycles. The molecule has 2 heterocycles. The van der Waals surface area contributed by atoms with Gasteiger partial charge in [0.05, 0.1) is 29.1 Å². The summed E-state index contributed by atoms with van der Waals surface area (Å²) in [5, 5.41) is 11.7. The second-order valence-electron chi connectivity index (χ2n) is 11.7. The fraction of sp³-hybridized carbons (Fsp3) is 0. The maximum atomic E-state index is 9.64. The first-order chi connectivity index (χ1) is 22.3. The molecule has 2 aromatic heterocycles. The fourth-order valence-electron chi connectivity index (χ4n) is 7.47. The third-order valence-electron chi connectivity index (χ3n) is 9.34. The van der Waals surface area contributed by atoms with Crippen molar-refractivity contribution in [3.63, 3.8) is 0 Å². The summed E-state index contributed by atoms with van der Waals surface area (Å²) in [6.07, 6.45) is 0. The van der Waals surface area contributed by atoms with Gasteiger partial charge < -0.3 is 9.13 Å². The Morgan fingerprint density at radius 1 is 0.364 bits per heavy atom. The van der Waals surface area contributed by atoms with Gasteiger partial charge in [-0.15, -0.1) is 0 Å². The van der Waals surface area contributed by atoms with Crippen molar-refractivity contribution in [2.75, 3.05) is 0 Å². The Morgan fingerprint density at radius 2 is 1.00 bits per heavy atom. The van der Waals surface area contributed by atoms with Gasteiger partial charge in [-0.05, 0) is 69.4 Å². The van der Waals surface area contributed by atoms with Crippen LogP contribution in [0.1, 0.15) is 1.37 Å². The zero-order valence-corrected chi connectivity index (χ0v) is 23.8. The van der Waals surface area contributed by atoms with Crippen molar-refractivity contribution in [2.45, 2.75) is 0 Å². The third-order valence-corrected chi connectivity index (χ3v) is 9.34. The highest BCUT2D eigenvalue weighted by Crippen LogP contribution is 2.43. The average molecular weight is 560 g/mol. The van der Waals surface area contributed by atoms with Gasteiger partial charge in [0, 0.05) is 32.6 Å². The first-order valence-electron chi connectivity index (χ1n) is 15.6. The van der Waals surface area contributed by atoms with E-state index in [1.54, 1.807) is 0 Å². The Bertz CT molecular complexity index is 2820. The molecule has 8 aromatic carbocycles. The van der Waals surface area contributed by atoms with Crippen LogP contribution in [0.25, 0.3) is 87.3 Å². The van der Waals surface area contributed by atoms with Crippen LogP contribution in [0.5, 0.6) is 0 Å². The molecule has 0 aliphatic carbocycles. The van der Waals surface area contributed by atoms with Gasteiger partial charge in [-0.2, -0.15) is 0 Å². The SMILES string of the molecule is [2H]c1c(-n2c3ccccc3c3cc4c5c6ccccc6ccc5n(-c5ccccc5)c4cc32)c2ccccc2c2ccccc12. The Hall–Kier alpha value is -5.86. The summed E-state index contributed by atoms with van der Waals surface area (Å²) >= 11 is 0. The van der Waals surface area contributed by atoms with Crippen LogP contribution in [-0.2, 0) is 0 Å². The number of benzene rings is 8. The second kappa shape index (κ2) is 8.82. The highest BCUT2D eigenvalue weighted by molar-refractivity contribution is 6.25. The lowest BCUT2D eigenvalue weighted by molar-refractivity contribution is 1.17.